The van der Waals surface area contributed by atoms with E-state index >= 15 is 0 Å². The van der Waals surface area contributed by atoms with E-state index in [-0.39, 0.29) is 0 Å². The molecule has 3 heterocycles. The first kappa shape index (κ1) is 14.8. The number of nitrogens with zero attached hydrogens (tertiary/aromatic N) is 3. The molecule has 1 aromatic rings. The van der Waals surface area contributed by atoms with Crippen molar-refractivity contribution in [3.8, 4) is 0 Å². The highest BCUT2D eigenvalue weighted by molar-refractivity contribution is 5.48. The Morgan fingerprint density at radius 1 is 1.14 bits per heavy atom. The average molecular weight is 289 g/mol. The van der Waals surface area contributed by atoms with Gasteiger partial charge in [0.1, 0.15) is 5.82 Å². The Morgan fingerprint density at radius 2 is 1.86 bits per heavy atom. The summed E-state index contributed by atoms with van der Waals surface area (Å²) in [6.45, 7) is 10.8. The van der Waals surface area contributed by atoms with Crippen LogP contribution in [0, 0.1) is 0 Å². The van der Waals surface area contributed by atoms with Gasteiger partial charge in [-0.2, -0.15) is 0 Å². The topological polar surface area (TPSA) is 28.6 Å². The number of piperidine rings is 1. The molecule has 0 unspecified atom stereocenters. The Labute approximate surface area is 128 Å². The molecule has 21 heavy (non-hydrogen) atoms. The number of aromatic nitrogens is 1. The van der Waals surface area contributed by atoms with Crippen molar-refractivity contribution in [3.05, 3.63) is 23.9 Å². The SMILES string of the molecule is CC(C)c1cccnc1N1CCC(N2CCOCC2)CC1. The van der Waals surface area contributed by atoms with E-state index in [0.717, 1.165) is 45.4 Å². The Hall–Kier alpha value is -1.13. The molecule has 0 N–H and O–H groups in total. The van der Waals surface area contributed by atoms with Crippen LogP contribution < -0.4 is 4.90 Å². The van der Waals surface area contributed by atoms with Crippen LogP contribution in [0.25, 0.3) is 0 Å². The van der Waals surface area contributed by atoms with Crippen molar-refractivity contribution in [2.75, 3.05) is 44.3 Å². The lowest BCUT2D eigenvalue weighted by Crippen LogP contribution is -2.49. The van der Waals surface area contributed by atoms with E-state index in [0.29, 0.717) is 5.92 Å². The Kier molecular flexibility index (Phi) is 4.76. The summed E-state index contributed by atoms with van der Waals surface area (Å²) < 4.78 is 5.46. The molecular formula is C17H27N3O. The summed E-state index contributed by atoms with van der Waals surface area (Å²) in [4.78, 5) is 9.75. The summed E-state index contributed by atoms with van der Waals surface area (Å²) in [5, 5.41) is 0. The molecule has 0 aromatic carbocycles. The van der Waals surface area contributed by atoms with E-state index in [2.05, 4.69) is 40.8 Å². The van der Waals surface area contributed by atoms with E-state index in [9.17, 15) is 0 Å². The van der Waals surface area contributed by atoms with E-state index in [1.165, 1.54) is 24.2 Å². The zero-order valence-corrected chi connectivity index (χ0v) is 13.3. The van der Waals surface area contributed by atoms with E-state index in [1.807, 2.05) is 6.20 Å². The van der Waals surface area contributed by atoms with Crippen LogP contribution in [-0.4, -0.2) is 55.3 Å². The molecular weight excluding hydrogens is 262 g/mol. The zero-order valence-electron chi connectivity index (χ0n) is 13.3. The fraction of sp³-hybridized carbons (Fsp3) is 0.706. The second-order valence-electron chi connectivity index (χ2n) is 6.44. The third kappa shape index (κ3) is 3.38. The number of pyridine rings is 1. The van der Waals surface area contributed by atoms with Gasteiger partial charge in [-0.1, -0.05) is 19.9 Å². The van der Waals surface area contributed by atoms with Gasteiger partial charge in [0, 0.05) is 38.4 Å². The molecule has 0 aliphatic carbocycles. The standard InChI is InChI=1S/C17H27N3O/c1-14(2)16-4-3-7-18-17(16)20-8-5-15(6-9-20)19-10-12-21-13-11-19/h3-4,7,14-15H,5-6,8-13H2,1-2H3. The maximum absolute atomic E-state index is 5.46. The smallest absolute Gasteiger partial charge is 0.131 e. The van der Waals surface area contributed by atoms with E-state index < -0.39 is 0 Å². The summed E-state index contributed by atoms with van der Waals surface area (Å²) in [6.07, 6.45) is 4.41. The van der Waals surface area contributed by atoms with Gasteiger partial charge in [0.15, 0.2) is 0 Å². The third-order valence-corrected chi connectivity index (χ3v) is 4.76. The number of ether oxygens (including phenoxy) is 1. The molecule has 116 valence electrons. The molecule has 1 aromatic heterocycles. The molecule has 0 atom stereocenters. The van der Waals surface area contributed by atoms with Gasteiger partial charge in [0.25, 0.3) is 0 Å². The fourth-order valence-corrected chi connectivity index (χ4v) is 3.51. The van der Waals surface area contributed by atoms with E-state index in [1.54, 1.807) is 0 Å². The first-order valence-electron chi connectivity index (χ1n) is 8.27. The molecule has 0 saturated carbocycles. The molecule has 2 fully saturated rings. The number of hydrogen-bond acceptors (Lipinski definition) is 4. The first-order valence-corrected chi connectivity index (χ1v) is 8.27. The van der Waals surface area contributed by atoms with Crippen LogP contribution in [0.15, 0.2) is 18.3 Å². The monoisotopic (exact) mass is 289 g/mol. The Balaban J connectivity index is 1.63. The highest BCUT2D eigenvalue weighted by Gasteiger charge is 2.27. The van der Waals surface area contributed by atoms with Gasteiger partial charge in [-0.05, 0) is 30.4 Å². The normalized spacial score (nSPS) is 22.0. The maximum atomic E-state index is 5.46. The minimum atomic E-state index is 0.533. The van der Waals surface area contributed by atoms with Gasteiger partial charge < -0.3 is 9.64 Å². The van der Waals surface area contributed by atoms with Crippen LogP contribution in [0.3, 0.4) is 0 Å². The van der Waals surface area contributed by atoms with Crippen molar-refractivity contribution in [2.24, 2.45) is 0 Å². The van der Waals surface area contributed by atoms with Gasteiger partial charge >= 0.3 is 0 Å². The highest BCUT2D eigenvalue weighted by atomic mass is 16.5. The third-order valence-electron chi connectivity index (χ3n) is 4.76. The Bertz CT molecular complexity index is 449. The van der Waals surface area contributed by atoms with Crippen LogP contribution in [0.4, 0.5) is 5.82 Å². The van der Waals surface area contributed by atoms with Gasteiger partial charge in [-0.15, -0.1) is 0 Å². The lowest BCUT2D eigenvalue weighted by Gasteiger charge is -2.41. The molecule has 4 heteroatoms. The Morgan fingerprint density at radius 3 is 2.52 bits per heavy atom. The predicted octanol–water partition coefficient (Wildman–Crippen LogP) is 2.51. The van der Waals surface area contributed by atoms with Gasteiger partial charge in [-0.3, -0.25) is 4.90 Å². The van der Waals surface area contributed by atoms with Crippen molar-refractivity contribution >= 4 is 5.82 Å². The van der Waals surface area contributed by atoms with Gasteiger partial charge in [0.2, 0.25) is 0 Å². The van der Waals surface area contributed by atoms with Gasteiger partial charge in [-0.25, -0.2) is 4.98 Å². The van der Waals surface area contributed by atoms with Crippen LogP contribution in [0.2, 0.25) is 0 Å². The molecule has 2 aliphatic heterocycles. The second-order valence-corrected chi connectivity index (χ2v) is 6.44. The van der Waals surface area contributed by atoms with Gasteiger partial charge in [0.05, 0.1) is 13.2 Å². The van der Waals surface area contributed by atoms with Crippen LogP contribution >= 0.6 is 0 Å². The largest absolute Gasteiger partial charge is 0.379 e. The van der Waals surface area contributed by atoms with Crippen molar-refractivity contribution < 1.29 is 4.74 Å². The fourth-order valence-electron chi connectivity index (χ4n) is 3.51. The molecule has 4 nitrogen and oxygen atoms in total. The number of anilines is 1. The summed E-state index contributed by atoms with van der Waals surface area (Å²) in [7, 11) is 0. The lowest BCUT2D eigenvalue weighted by molar-refractivity contribution is 0.0114. The molecule has 0 spiro atoms. The summed E-state index contributed by atoms with van der Waals surface area (Å²) >= 11 is 0. The van der Waals surface area contributed by atoms with Crippen LogP contribution in [0.1, 0.15) is 38.2 Å². The highest BCUT2D eigenvalue weighted by Crippen LogP contribution is 2.28. The summed E-state index contributed by atoms with van der Waals surface area (Å²) in [5.41, 5.74) is 1.38. The predicted molar refractivity (Wildman–Crippen MR) is 86.0 cm³/mol. The van der Waals surface area contributed by atoms with Crippen LogP contribution in [-0.2, 0) is 4.74 Å². The number of hydrogen-bond donors (Lipinski definition) is 0. The minimum Gasteiger partial charge on any atom is -0.379 e. The van der Waals surface area contributed by atoms with E-state index in [4.69, 9.17) is 4.74 Å². The number of morpholine rings is 1. The minimum absolute atomic E-state index is 0.533. The maximum Gasteiger partial charge on any atom is 0.131 e. The second kappa shape index (κ2) is 6.75. The first-order chi connectivity index (χ1) is 10.3. The molecule has 0 bridgehead atoms. The molecule has 2 aliphatic rings. The lowest BCUT2D eigenvalue weighted by atomic mass is 9.99. The van der Waals surface area contributed by atoms with Crippen molar-refractivity contribution in [2.45, 2.75) is 38.6 Å². The van der Waals surface area contributed by atoms with Crippen LogP contribution in [0.5, 0.6) is 0 Å². The summed E-state index contributed by atoms with van der Waals surface area (Å²) in [6, 6.07) is 5.01. The summed E-state index contributed by atoms with van der Waals surface area (Å²) in [5.74, 6) is 1.73. The zero-order chi connectivity index (χ0) is 14.7. The molecule has 0 amide bonds. The van der Waals surface area contributed by atoms with Crippen molar-refractivity contribution in [1.29, 1.82) is 0 Å². The van der Waals surface area contributed by atoms with Crippen molar-refractivity contribution in [1.82, 2.24) is 9.88 Å². The molecule has 3 rings (SSSR count). The van der Waals surface area contributed by atoms with Crippen molar-refractivity contribution in [3.63, 3.8) is 0 Å². The molecule has 0 radical (unpaired) electrons. The quantitative estimate of drug-likeness (QED) is 0.855. The average Bonchev–Trinajstić information content (AvgIpc) is 2.56. The molecule has 2 saturated heterocycles. The number of rotatable bonds is 3.